The van der Waals surface area contributed by atoms with E-state index in [1.54, 1.807) is 23.7 Å². The van der Waals surface area contributed by atoms with Gasteiger partial charge >= 0.3 is 0 Å². The second-order valence-electron chi connectivity index (χ2n) is 9.86. The molecule has 0 saturated heterocycles. The summed E-state index contributed by atoms with van der Waals surface area (Å²) < 4.78 is 15.7. The smallest absolute Gasteiger partial charge is 0.118 e. The van der Waals surface area contributed by atoms with E-state index in [1.165, 1.54) is 18.3 Å². The fourth-order valence-electron chi connectivity index (χ4n) is 4.36. The Bertz CT molecular complexity index is 1730. The van der Waals surface area contributed by atoms with E-state index in [0.717, 1.165) is 5.56 Å². The second kappa shape index (κ2) is 13.6. The number of halogens is 2. The van der Waals surface area contributed by atoms with Crippen molar-refractivity contribution in [3.05, 3.63) is 113 Å². The molecule has 0 aliphatic heterocycles. The summed E-state index contributed by atoms with van der Waals surface area (Å²) in [6.07, 6.45) is 7.72. The normalized spacial score (nSPS) is 13.1. The molecule has 0 aliphatic rings. The van der Waals surface area contributed by atoms with Gasteiger partial charge in [-0.25, -0.2) is 9.07 Å². The van der Waals surface area contributed by atoms with Crippen LogP contribution in [0.25, 0.3) is 10.9 Å². The maximum atomic E-state index is 13.9. The molecule has 0 spiro atoms. The van der Waals surface area contributed by atoms with Gasteiger partial charge in [0.15, 0.2) is 0 Å². The lowest BCUT2D eigenvalue weighted by Gasteiger charge is -2.22. The highest BCUT2D eigenvalue weighted by atomic mass is 35.5. The number of fused-ring (bicyclic) bond motifs is 1. The molecule has 1 unspecified atom stereocenters. The van der Waals surface area contributed by atoms with Gasteiger partial charge in [0.2, 0.25) is 0 Å². The van der Waals surface area contributed by atoms with E-state index in [0.29, 0.717) is 44.1 Å². The van der Waals surface area contributed by atoms with E-state index in [2.05, 4.69) is 44.6 Å². The molecular weight excluding hydrogens is 551 g/mol. The summed E-state index contributed by atoms with van der Waals surface area (Å²) in [5.74, 6) is -0.398. The number of hydrogen-bond donors (Lipinski definition) is 2. The molecule has 2 heterocycles. The number of allylic oxidation sites excluding steroid dienone is 3. The Labute approximate surface area is 249 Å². The van der Waals surface area contributed by atoms with Gasteiger partial charge in [-0.05, 0) is 50.1 Å². The Morgan fingerprint density at radius 1 is 1.17 bits per heavy atom. The van der Waals surface area contributed by atoms with Gasteiger partial charge < -0.3 is 10.6 Å². The molecule has 2 aromatic carbocycles. The maximum Gasteiger partial charge on any atom is 0.118 e. The van der Waals surface area contributed by atoms with E-state index in [-0.39, 0.29) is 18.5 Å². The number of aromatic nitrogens is 4. The van der Waals surface area contributed by atoms with Gasteiger partial charge in [0.05, 0.1) is 52.6 Å². The third-order valence-corrected chi connectivity index (χ3v) is 6.92. The van der Waals surface area contributed by atoms with Crippen molar-refractivity contribution in [1.82, 2.24) is 20.0 Å². The predicted octanol–water partition coefficient (Wildman–Crippen LogP) is 8.14. The molecule has 0 radical (unpaired) electrons. The minimum absolute atomic E-state index is 0.0846. The number of nitriles is 2. The Balaban J connectivity index is 1.81. The van der Waals surface area contributed by atoms with Crippen LogP contribution in [0.15, 0.2) is 91.1 Å². The lowest BCUT2D eigenvalue weighted by Crippen LogP contribution is -2.14. The number of anilines is 2. The standard InChI is InChI=1S/C32H30ClFN8/c1-5-24(34)12-11-21(4)30(29-19-42(20(2)3)41-40-29)38-25-15-26-31(23(17-36)18-37-32(26)27(33)16-25)39-28(13-14-35)22-9-7-6-8-10-22/h5-12,15-16,18-20,28,30,38H,4,13H2,1-3H3,(H,37,39)/b12-11-,24-5+/t28?,30-/m0/s1. The summed E-state index contributed by atoms with van der Waals surface area (Å²) in [4.78, 5) is 4.44. The summed E-state index contributed by atoms with van der Waals surface area (Å²) in [5, 5.41) is 35.8. The van der Waals surface area contributed by atoms with E-state index >= 15 is 0 Å². The summed E-state index contributed by atoms with van der Waals surface area (Å²) in [7, 11) is 0. The Hall–Kier alpha value is -4.99. The highest BCUT2D eigenvalue weighted by Gasteiger charge is 2.21. The predicted molar refractivity (Wildman–Crippen MR) is 164 cm³/mol. The van der Waals surface area contributed by atoms with Crippen molar-refractivity contribution in [3.8, 4) is 12.1 Å². The molecule has 10 heteroatoms. The molecule has 212 valence electrons. The van der Waals surface area contributed by atoms with Crippen LogP contribution in [-0.2, 0) is 0 Å². The summed E-state index contributed by atoms with van der Waals surface area (Å²) in [5.41, 5.74) is 3.92. The molecule has 2 N–H and O–H groups in total. The van der Waals surface area contributed by atoms with Crippen LogP contribution in [0.1, 0.15) is 62.1 Å². The van der Waals surface area contributed by atoms with Crippen LogP contribution in [0.2, 0.25) is 5.02 Å². The summed E-state index contributed by atoms with van der Waals surface area (Å²) in [6, 6.07) is 16.7. The average molecular weight is 581 g/mol. The Kier molecular flexibility index (Phi) is 9.69. The van der Waals surface area contributed by atoms with Crippen LogP contribution in [0.4, 0.5) is 15.8 Å². The molecule has 2 aromatic heterocycles. The van der Waals surface area contributed by atoms with Gasteiger partial charge in [-0.2, -0.15) is 10.5 Å². The number of hydrogen-bond acceptors (Lipinski definition) is 7. The molecule has 0 fully saturated rings. The highest BCUT2D eigenvalue weighted by molar-refractivity contribution is 6.35. The van der Waals surface area contributed by atoms with Crippen LogP contribution >= 0.6 is 11.6 Å². The third kappa shape index (κ3) is 6.83. The van der Waals surface area contributed by atoms with Crippen LogP contribution < -0.4 is 10.6 Å². The number of benzene rings is 2. The molecule has 0 aliphatic carbocycles. The summed E-state index contributed by atoms with van der Waals surface area (Å²) >= 11 is 6.73. The van der Waals surface area contributed by atoms with Gasteiger partial charge in [0.1, 0.15) is 17.6 Å². The van der Waals surface area contributed by atoms with Gasteiger partial charge in [0.25, 0.3) is 0 Å². The van der Waals surface area contributed by atoms with Gasteiger partial charge in [-0.3, -0.25) is 4.98 Å². The Morgan fingerprint density at radius 2 is 1.93 bits per heavy atom. The number of nitrogens with one attached hydrogen (secondary N) is 2. The molecule has 0 bridgehead atoms. The zero-order valence-electron chi connectivity index (χ0n) is 23.5. The highest BCUT2D eigenvalue weighted by Crippen LogP contribution is 2.37. The molecule has 0 saturated carbocycles. The zero-order chi connectivity index (χ0) is 30.2. The molecule has 4 rings (SSSR count). The molecule has 2 atom stereocenters. The van der Waals surface area contributed by atoms with Crippen molar-refractivity contribution in [2.75, 3.05) is 10.6 Å². The zero-order valence-corrected chi connectivity index (χ0v) is 24.3. The number of nitrogens with zero attached hydrogens (tertiary/aromatic N) is 6. The molecule has 8 nitrogen and oxygen atoms in total. The average Bonchev–Trinajstić information content (AvgIpc) is 3.49. The third-order valence-electron chi connectivity index (χ3n) is 6.63. The second-order valence-corrected chi connectivity index (χ2v) is 10.3. The van der Waals surface area contributed by atoms with Crippen LogP contribution in [0, 0.1) is 22.7 Å². The first-order valence-corrected chi connectivity index (χ1v) is 13.7. The van der Waals surface area contributed by atoms with Gasteiger partial charge in [-0.15, -0.1) is 5.10 Å². The topological polar surface area (TPSA) is 115 Å². The van der Waals surface area contributed by atoms with E-state index < -0.39 is 11.9 Å². The molecule has 42 heavy (non-hydrogen) atoms. The fourth-order valence-corrected chi connectivity index (χ4v) is 4.63. The van der Waals surface area contributed by atoms with E-state index in [4.69, 9.17) is 11.6 Å². The lowest BCUT2D eigenvalue weighted by atomic mass is 10.0. The van der Waals surface area contributed by atoms with E-state index in [1.807, 2.05) is 56.4 Å². The first-order chi connectivity index (χ1) is 20.2. The molecule has 4 aromatic rings. The van der Waals surface area contributed by atoms with E-state index in [9.17, 15) is 14.9 Å². The first kappa shape index (κ1) is 30.0. The van der Waals surface area contributed by atoms with Crippen molar-refractivity contribution in [1.29, 1.82) is 10.5 Å². The minimum Gasteiger partial charge on any atom is -0.376 e. The number of pyridine rings is 1. The Morgan fingerprint density at radius 3 is 2.57 bits per heavy atom. The van der Waals surface area contributed by atoms with Crippen LogP contribution in [0.3, 0.4) is 0 Å². The van der Waals surface area contributed by atoms with Crippen LogP contribution in [-0.4, -0.2) is 20.0 Å². The maximum absolute atomic E-state index is 13.9. The van der Waals surface area contributed by atoms with Crippen molar-refractivity contribution in [2.45, 2.75) is 45.3 Å². The van der Waals surface area contributed by atoms with Crippen molar-refractivity contribution >= 4 is 33.9 Å². The van der Waals surface area contributed by atoms with Crippen molar-refractivity contribution < 1.29 is 4.39 Å². The fraction of sp³-hybridized carbons (Fsp3) is 0.219. The lowest BCUT2D eigenvalue weighted by molar-refractivity contribution is 0.514. The van der Waals surface area contributed by atoms with Crippen LogP contribution in [0.5, 0.6) is 0 Å². The minimum atomic E-state index is -0.578. The molecule has 0 amide bonds. The SMILES string of the molecule is C=C(/C=C\C(F)=C/C)[C@H](Nc1cc(Cl)c2ncc(C#N)c(NC(CC#N)c3ccccc3)c2c1)c1cn(C(C)C)nn1. The monoisotopic (exact) mass is 580 g/mol. The van der Waals surface area contributed by atoms with Crippen molar-refractivity contribution in [2.24, 2.45) is 0 Å². The first-order valence-electron chi connectivity index (χ1n) is 13.3. The van der Waals surface area contributed by atoms with Gasteiger partial charge in [-0.1, -0.05) is 65.9 Å². The quantitative estimate of drug-likeness (QED) is 0.172. The molecular formula is C32H30ClFN8. The summed E-state index contributed by atoms with van der Waals surface area (Å²) in [6.45, 7) is 9.75. The number of rotatable bonds is 11. The van der Waals surface area contributed by atoms with Gasteiger partial charge in [0, 0.05) is 23.3 Å². The van der Waals surface area contributed by atoms with Crippen molar-refractivity contribution in [3.63, 3.8) is 0 Å². The largest absolute Gasteiger partial charge is 0.376 e.